The van der Waals surface area contributed by atoms with Crippen molar-refractivity contribution in [3.63, 3.8) is 0 Å². The van der Waals surface area contributed by atoms with Gasteiger partial charge >= 0.3 is 51.4 Å². The summed E-state index contributed by atoms with van der Waals surface area (Å²) in [6.07, 6.45) is 1.08. The Hall–Kier alpha value is -0.404. The minimum absolute atomic E-state index is 0. The monoisotopic (exact) mass is 228 g/mol. The molecule has 0 fully saturated rings. The number of aliphatic carboxylic acids is 1. The van der Waals surface area contributed by atoms with E-state index in [9.17, 15) is 14.7 Å². The van der Waals surface area contributed by atoms with Gasteiger partial charge < -0.3 is 9.90 Å². The number of pyridine rings is 1. The average Bonchev–Trinajstić information content (AvgIpc) is 2.43. The fraction of sp³-hybridized carbons (Fsp3) is 0.111. The summed E-state index contributed by atoms with van der Waals surface area (Å²) in [5.41, 5.74) is 0.432. The minimum atomic E-state index is -1.29. The van der Waals surface area contributed by atoms with Gasteiger partial charge in [0, 0.05) is 29.4 Å². The number of carbonyl (C=O) groups excluding carboxylic acids is 2. The van der Waals surface area contributed by atoms with Crippen LogP contribution >= 0.6 is 0 Å². The van der Waals surface area contributed by atoms with Gasteiger partial charge in [-0.05, 0) is 12.1 Å². The van der Waals surface area contributed by atoms with Crippen molar-refractivity contribution in [1.82, 2.24) is 4.98 Å². The maximum atomic E-state index is 11.2. The predicted molar refractivity (Wildman–Crippen MR) is 43.1 cm³/mol. The zero-order valence-corrected chi connectivity index (χ0v) is 11.2. The molecule has 5 nitrogen and oxygen atoms in total. The average molecular weight is 228 g/mol. The molecule has 1 aromatic heterocycles. The van der Waals surface area contributed by atoms with Gasteiger partial charge in [0.05, 0.1) is 0 Å². The van der Waals surface area contributed by atoms with Gasteiger partial charge in [-0.25, -0.2) is 4.98 Å². The van der Waals surface area contributed by atoms with Crippen LogP contribution in [0.5, 0.6) is 0 Å². The second kappa shape index (κ2) is 5.09. The number of nitrogens with zero attached hydrogens (tertiary/aromatic N) is 2. The van der Waals surface area contributed by atoms with Crippen LogP contribution in [0.2, 0.25) is 0 Å². The van der Waals surface area contributed by atoms with Crippen LogP contribution in [0, 0.1) is 0 Å². The first-order valence-corrected chi connectivity index (χ1v) is 3.95. The van der Waals surface area contributed by atoms with Gasteiger partial charge in [-0.15, -0.1) is 0 Å². The van der Waals surface area contributed by atoms with Crippen LogP contribution in [0.4, 0.5) is 0 Å². The van der Waals surface area contributed by atoms with Gasteiger partial charge in [-0.3, -0.25) is 4.79 Å². The van der Waals surface area contributed by atoms with E-state index in [1.165, 1.54) is 6.20 Å². The molecule has 0 N–H and O–H groups in total. The molecule has 15 heavy (non-hydrogen) atoms. The molecule has 2 rings (SSSR count). The van der Waals surface area contributed by atoms with Crippen molar-refractivity contribution in [2.24, 2.45) is 4.99 Å². The van der Waals surface area contributed by atoms with E-state index in [2.05, 4.69) is 9.98 Å². The van der Waals surface area contributed by atoms with Gasteiger partial charge in [0.2, 0.25) is 0 Å². The SMILES string of the molecule is O=C([O-])CC1=c2cccnc2=NC1=O.[K+]. The van der Waals surface area contributed by atoms with Crippen LogP contribution in [0.25, 0.3) is 5.57 Å². The van der Waals surface area contributed by atoms with Crippen molar-refractivity contribution in [2.75, 3.05) is 0 Å². The summed E-state index contributed by atoms with van der Waals surface area (Å²) in [7, 11) is 0. The number of fused-ring (bicyclic) bond motifs is 1. The molecule has 1 aliphatic rings. The van der Waals surface area contributed by atoms with Gasteiger partial charge in [0.1, 0.15) is 0 Å². The molecule has 0 unspecified atom stereocenters. The van der Waals surface area contributed by atoms with Crippen molar-refractivity contribution in [3.8, 4) is 0 Å². The normalized spacial score (nSPS) is 12.8. The van der Waals surface area contributed by atoms with E-state index >= 15 is 0 Å². The molecule has 0 aliphatic carbocycles. The molecule has 0 spiro atoms. The molecule has 70 valence electrons. The van der Waals surface area contributed by atoms with Crippen molar-refractivity contribution < 1.29 is 66.1 Å². The predicted octanol–water partition coefficient (Wildman–Crippen LogP) is -5.46. The third kappa shape index (κ3) is 2.58. The Kier molecular flexibility index (Phi) is 4.29. The molecule has 0 saturated heterocycles. The first kappa shape index (κ1) is 12.7. The van der Waals surface area contributed by atoms with Crippen LogP contribution in [0.1, 0.15) is 6.42 Å². The number of carbonyl (C=O) groups is 2. The first-order valence-electron chi connectivity index (χ1n) is 3.95. The van der Waals surface area contributed by atoms with Crippen LogP contribution in [-0.2, 0) is 9.59 Å². The Bertz CT molecular complexity index is 539. The first-order chi connectivity index (χ1) is 6.68. The van der Waals surface area contributed by atoms with E-state index in [1.807, 2.05) is 0 Å². The summed E-state index contributed by atoms with van der Waals surface area (Å²) in [6, 6.07) is 3.25. The fourth-order valence-electron chi connectivity index (χ4n) is 1.32. The van der Waals surface area contributed by atoms with Crippen LogP contribution in [0.15, 0.2) is 23.3 Å². The Morgan fingerprint density at radius 2 is 2.20 bits per heavy atom. The number of hydrogen-bond acceptors (Lipinski definition) is 4. The Labute approximate surface area is 127 Å². The van der Waals surface area contributed by atoms with E-state index in [1.54, 1.807) is 12.1 Å². The molecule has 0 bridgehead atoms. The zero-order chi connectivity index (χ0) is 10.1. The van der Waals surface area contributed by atoms with Gasteiger partial charge in [0.15, 0.2) is 5.49 Å². The second-order valence-electron chi connectivity index (χ2n) is 2.82. The number of hydrogen-bond donors (Lipinski definition) is 0. The molecule has 0 aromatic carbocycles. The molecule has 1 amide bonds. The number of carboxylic acids is 1. The van der Waals surface area contributed by atoms with Crippen molar-refractivity contribution >= 4 is 17.4 Å². The van der Waals surface area contributed by atoms with Crippen LogP contribution < -0.4 is 67.2 Å². The third-order valence-electron chi connectivity index (χ3n) is 1.90. The van der Waals surface area contributed by atoms with Crippen molar-refractivity contribution in [2.45, 2.75) is 6.42 Å². The number of rotatable bonds is 2. The summed E-state index contributed by atoms with van der Waals surface area (Å²) in [4.78, 5) is 29.1. The van der Waals surface area contributed by atoms with E-state index in [0.29, 0.717) is 5.22 Å². The molecular formula is C9H5KN2O3. The maximum absolute atomic E-state index is 11.2. The van der Waals surface area contributed by atoms with E-state index < -0.39 is 18.3 Å². The molecule has 2 heterocycles. The summed E-state index contributed by atoms with van der Waals surface area (Å²) in [5, 5.41) is 10.9. The summed E-state index contributed by atoms with van der Waals surface area (Å²) in [6.45, 7) is 0. The molecule has 0 radical (unpaired) electrons. The van der Waals surface area contributed by atoms with Gasteiger partial charge in [-0.2, -0.15) is 4.99 Å². The van der Waals surface area contributed by atoms with Crippen molar-refractivity contribution in [1.29, 1.82) is 0 Å². The van der Waals surface area contributed by atoms with E-state index in [-0.39, 0.29) is 62.4 Å². The number of aromatic nitrogens is 1. The van der Waals surface area contributed by atoms with Gasteiger partial charge in [0.25, 0.3) is 5.91 Å². The summed E-state index contributed by atoms with van der Waals surface area (Å²) < 4.78 is 0. The number of carboxylic acid groups (broad SMARTS) is 1. The fourth-order valence-corrected chi connectivity index (χ4v) is 1.32. The third-order valence-corrected chi connectivity index (χ3v) is 1.90. The minimum Gasteiger partial charge on any atom is -0.550 e. The Balaban J connectivity index is 0.00000112. The number of amides is 1. The molecule has 0 saturated carbocycles. The van der Waals surface area contributed by atoms with Crippen LogP contribution in [0.3, 0.4) is 0 Å². The molecule has 1 aliphatic heterocycles. The Morgan fingerprint density at radius 1 is 1.47 bits per heavy atom. The van der Waals surface area contributed by atoms with Crippen molar-refractivity contribution in [3.05, 3.63) is 29.0 Å². The topological polar surface area (TPSA) is 82.4 Å². The smallest absolute Gasteiger partial charge is 0.550 e. The van der Waals surface area contributed by atoms with Crippen LogP contribution in [-0.4, -0.2) is 16.9 Å². The molecule has 0 atom stereocenters. The molecule has 1 aromatic rings. The Morgan fingerprint density at radius 3 is 2.87 bits per heavy atom. The van der Waals surface area contributed by atoms with E-state index in [0.717, 1.165) is 0 Å². The summed E-state index contributed by atoms with van der Waals surface area (Å²) in [5.74, 6) is -1.83. The maximum Gasteiger partial charge on any atom is 1.00 e. The molecule has 6 heteroatoms. The summed E-state index contributed by atoms with van der Waals surface area (Å²) >= 11 is 0. The second-order valence-corrected chi connectivity index (χ2v) is 2.82. The molecular weight excluding hydrogens is 223 g/mol. The quantitative estimate of drug-likeness (QED) is 0.473. The van der Waals surface area contributed by atoms with E-state index in [4.69, 9.17) is 0 Å². The largest absolute Gasteiger partial charge is 1.00 e. The zero-order valence-electron chi connectivity index (χ0n) is 8.06. The van der Waals surface area contributed by atoms with Gasteiger partial charge in [-0.1, -0.05) is 0 Å². The standard InChI is InChI=1S/C9H6N2O3.K/c12-7(13)4-6-5-2-1-3-10-8(5)11-9(6)14;/h1-3H,4H2,(H,12,13);/q;+1/p-1.